The molecule has 2 unspecified atom stereocenters. The van der Waals surface area contributed by atoms with E-state index in [1.807, 2.05) is 0 Å². The molecule has 0 amide bonds. The van der Waals surface area contributed by atoms with Crippen molar-refractivity contribution in [3.63, 3.8) is 0 Å². The highest BCUT2D eigenvalue weighted by molar-refractivity contribution is 7.58. The maximum atomic E-state index is 12.4. The molecule has 2 atom stereocenters. The second-order valence-corrected chi connectivity index (χ2v) is 9.71. The van der Waals surface area contributed by atoms with Crippen LogP contribution in [0, 0.1) is 11.3 Å². The molecule has 102 valence electrons. The lowest BCUT2D eigenvalue weighted by atomic mass is 9.86. The Kier molecular flexibility index (Phi) is 5.28. The zero-order valence-corrected chi connectivity index (χ0v) is 12.8. The fourth-order valence-electron chi connectivity index (χ4n) is 3.19. The summed E-state index contributed by atoms with van der Waals surface area (Å²) in [5.41, 5.74) is 0.352. The Hall–Kier alpha value is 0.190. The van der Waals surface area contributed by atoms with Gasteiger partial charge in [-0.15, -0.1) is 0 Å². The van der Waals surface area contributed by atoms with Crippen molar-refractivity contribution < 1.29 is 9.46 Å². The molecule has 0 aromatic rings. The summed E-state index contributed by atoms with van der Waals surface area (Å²) in [6, 6.07) is 0. The van der Waals surface area contributed by atoms with E-state index in [4.69, 9.17) is 0 Å². The van der Waals surface area contributed by atoms with Gasteiger partial charge in [0.2, 0.25) is 7.37 Å². The standard InChI is InChI=1S/C14H29O2P/c1-12(10-14(2,3)4)11-17(15,16)13-8-6-5-7-9-13/h12-13H,5-11H2,1-4H3,(H,15,16). The summed E-state index contributed by atoms with van der Waals surface area (Å²) < 4.78 is 12.4. The van der Waals surface area contributed by atoms with E-state index < -0.39 is 7.37 Å². The van der Waals surface area contributed by atoms with E-state index in [0.717, 1.165) is 32.1 Å². The van der Waals surface area contributed by atoms with Gasteiger partial charge in [-0.2, -0.15) is 0 Å². The van der Waals surface area contributed by atoms with Gasteiger partial charge in [-0.05, 0) is 30.6 Å². The maximum Gasteiger partial charge on any atom is 0.203 e. The van der Waals surface area contributed by atoms with Crippen molar-refractivity contribution in [3.05, 3.63) is 0 Å². The molecule has 1 saturated carbocycles. The van der Waals surface area contributed by atoms with Crippen molar-refractivity contribution >= 4 is 7.37 Å². The zero-order valence-electron chi connectivity index (χ0n) is 11.9. The lowest BCUT2D eigenvalue weighted by Crippen LogP contribution is -2.20. The molecule has 1 rings (SSSR count). The molecule has 1 aliphatic carbocycles. The van der Waals surface area contributed by atoms with Crippen molar-refractivity contribution in [2.45, 2.75) is 71.9 Å². The molecule has 1 N–H and O–H groups in total. The molecular formula is C14H29O2P. The number of hydrogen-bond donors (Lipinski definition) is 1. The van der Waals surface area contributed by atoms with E-state index in [0.29, 0.717) is 12.1 Å². The Morgan fingerprint density at radius 1 is 1.24 bits per heavy atom. The van der Waals surface area contributed by atoms with Crippen LogP contribution in [0.1, 0.15) is 66.2 Å². The van der Waals surface area contributed by atoms with Gasteiger partial charge in [0.05, 0.1) is 0 Å². The first-order valence-corrected chi connectivity index (χ1v) is 8.93. The summed E-state index contributed by atoms with van der Waals surface area (Å²) >= 11 is 0. The van der Waals surface area contributed by atoms with Crippen LogP contribution >= 0.6 is 7.37 Å². The van der Waals surface area contributed by atoms with Gasteiger partial charge in [-0.3, -0.25) is 4.57 Å². The van der Waals surface area contributed by atoms with E-state index in [1.165, 1.54) is 6.42 Å². The van der Waals surface area contributed by atoms with Crippen LogP contribution in [0.3, 0.4) is 0 Å². The third-order valence-electron chi connectivity index (χ3n) is 3.68. The molecule has 0 aromatic carbocycles. The Labute approximate surface area is 107 Å². The van der Waals surface area contributed by atoms with Crippen molar-refractivity contribution in [2.24, 2.45) is 11.3 Å². The van der Waals surface area contributed by atoms with Crippen LogP contribution in [0.25, 0.3) is 0 Å². The normalized spacial score (nSPS) is 24.3. The topological polar surface area (TPSA) is 37.3 Å². The highest BCUT2D eigenvalue weighted by atomic mass is 31.2. The first-order chi connectivity index (χ1) is 7.71. The summed E-state index contributed by atoms with van der Waals surface area (Å²) in [5.74, 6) is 0.354. The summed E-state index contributed by atoms with van der Waals surface area (Å²) in [7, 11) is -2.91. The molecule has 1 aliphatic rings. The first kappa shape index (κ1) is 15.2. The number of hydrogen-bond acceptors (Lipinski definition) is 1. The zero-order chi connectivity index (χ0) is 13.1. The van der Waals surface area contributed by atoms with Crippen LogP contribution in [0.4, 0.5) is 0 Å². The van der Waals surface area contributed by atoms with Crippen LogP contribution in [0.15, 0.2) is 0 Å². The lowest BCUT2D eigenvalue weighted by molar-refractivity contribution is 0.315. The monoisotopic (exact) mass is 260 g/mol. The second kappa shape index (κ2) is 5.89. The van der Waals surface area contributed by atoms with Gasteiger partial charge in [0.15, 0.2) is 0 Å². The van der Waals surface area contributed by atoms with Gasteiger partial charge in [0.1, 0.15) is 0 Å². The van der Waals surface area contributed by atoms with Gasteiger partial charge in [0.25, 0.3) is 0 Å². The van der Waals surface area contributed by atoms with E-state index in [2.05, 4.69) is 27.7 Å². The van der Waals surface area contributed by atoms with E-state index in [9.17, 15) is 9.46 Å². The minimum absolute atomic E-state index is 0.0960. The quantitative estimate of drug-likeness (QED) is 0.746. The van der Waals surface area contributed by atoms with Crippen LogP contribution in [0.5, 0.6) is 0 Å². The third-order valence-corrected chi connectivity index (χ3v) is 6.48. The second-order valence-electron chi connectivity index (χ2n) is 7.10. The summed E-state index contributed by atoms with van der Waals surface area (Å²) in [5, 5.41) is 0. The minimum Gasteiger partial charge on any atom is -0.344 e. The highest BCUT2D eigenvalue weighted by Gasteiger charge is 2.33. The smallest absolute Gasteiger partial charge is 0.203 e. The molecule has 0 aromatic heterocycles. The van der Waals surface area contributed by atoms with Gasteiger partial charge in [-0.1, -0.05) is 47.0 Å². The van der Waals surface area contributed by atoms with Crippen LogP contribution in [-0.2, 0) is 4.57 Å². The Bertz CT molecular complexity index is 274. The molecular weight excluding hydrogens is 231 g/mol. The Balaban J connectivity index is 2.50. The molecule has 0 bridgehead atoms. The average Bonchev–Trinajstić information content (AvgIpc) is 2.15. The molecule has 0 radical (unpaired) electrons. The Morgan fingerprint density at radius 3 is 2.24 bits per heavy atom. The molecule has 0 saturated heterocycles. The van der Waals surface area contributed by atoms with Crippen LogP contribution < -0.4 is 0 Å². The van der Waals surface area contributed by atoms with Gasteiger partial charge >= 0.3 is 0 Å². The summed E-state index contributed by atoms with van der Waals surface area (Å²) in [6.07, 6.45) is 7.02. The molecule has 3 heteroatoms. The minimum atomic E-state index is -2.91. The highest BCUT2D eigenvalue weighted by Crippen LogP contribution is 2.53. The fourth-order valence-corrected chi connectivity index (χ4v) is 5.68. The predicted octanol–water partition coefficient (Wildman–Crippen LogP) is 4.66. The van der Waals surface area contributed by atoms with Crippen molar-refractivity contribution in [3.8, 4) is 0 Å². The molecule has 2 nitrogen and oxygen atoms in total. The van der Waals surface area contributed by atoms with E-state index in [-0.39, 0.29) is 11.1 Å². The first-order valence-electron chi connectivity index (χ1n) is 7.02. The van der Waals surface area contributed by atoms with Crippen molar-refractivity contribution in [2.75, 3.05) is 6.16 Å². The maximum absolute atomic E-state index is 12.4. The summed E-state index contributed by atoms with van der Waals surface area (Å²) in [4.78, 5) is 10.3. The SMILES string of the molecule is CC(CC(C)(C)C)CP(=O)(O)C1CCCCC1. The van der Waals surface area contributed by atoms with Crippen molar-refractivity contribution in [1.29, 1.82) is 0 Å². The van der Waals surface area contributed by atoms with E-state index in [1.54, 1.807) is 0 Å². The van der Waals surface area contributed by atoms with Gasteiger partial charge in [0, 0.05) is 11.8 Å². The molecule has 17 heavy (non-hydrogen) atoms. The van der Waals surface area contributed by atoms with Crippen molar-refractivity contribution in [1.82, 2.24) is 0 Å². The molecule has 0 aliphatic heterocycles. The van der Waals surface area contributed by atoms with E-state index >= 15 is 0 Å². The molecule has 1 fully saturated rings. The fraction of sp³-hybridized carbons (Fsp3) is 1.00. The lowest BCUT2D eigenvalue weighted by Gasteiger charge is -2.30. The molecule has 0 spiro atoms. The average molecular weight is 260 g/mol. The third kappa shape index (κ3) is 5.57. The largest absolute Gasteiger partial charge is 0.344 e. The predicted molar refractivity (Wildman–Crippen MR) is 74.8 cm³/mol. The van der Waals surface area contributed by atoms with Crippen LogP contribution in [0.2, 0.25) is 0 Å². The Morgan fingerprint density at radius 2 is 1.76 bits per heavy atom. The summed E-state index contributed by atoms with van der Waals surface area (Å²) in [6.45, 7) is 8.72. The molecule has 0 heterocycles. The van der Waals surface area contributed by atoms with Gasteiger partial charge < -0.3 is 4.89 Å². The number of rotatable bonds is 4. The van der Waals surface area contributed by atoms with Gasteiger partial charge in [-0.25, -0.2) is 0 Å². The van der Waals surface area contributed by atoms with Crippen LogP contribution in [-0.4, -0.2) is 16.7 Å².